The van der Waals surface area contributed by atoms with Crippen LogP contribution in [0.25, 0.3) is 0 Å². The van der Waals surface area contributed by atoms with Crippen LogP contribution < -0.4 is 21.8 Å². The fraction of sp³-hybridized carbons (Fsp3) is 0.600. The third kappa shape index (κ3) is 7.87. The molecular formula is C10H19N4O6+. The van der Waals surface area contributed by atoms with Gasteiger partial charge in [0, 0.05) is 0 Å². The lowest BCUT2D eigenvalue weighted by molar-refractivity contribution is -0.461. The maximum absolute atomic E-state index is 10.8. The van der Waals surface area contributed by atoms with Crippen LogP contribution in [0.15, 0.2) is 0 Å². The van der Waals surface area contributed by atoms with E-state index in [1.54, 1.807) is 0 Å². The Balaban J connectivity index is 4.19. The molecular weight excluding hydrogens is 272 g/mol. The number of carbonyl (C=O) groups is 3. The molecule has 0 unspecified atom stereocenters. The van der Waals surface area contributed by atoms with Gasteiger partial charge in [0.05, 0.1) is 13.0 Å². The van der Waals surface area contributed by atoms with Crippen LogP contribution in [-0.2, 0) is 14.4 Å². The molecule has 0 bridgehead atoms. The first-order chi connectivity index (χ1) is 9.23. The van der Waals surface area contributed by atoms with Crippen molar-refractivity contribution in [3.63, 3.8) is 0 Å². The minimum absolute atomic E-state index is 0.0949. The fourth-order valence-electron chi connectivity index (χ4n) is 1.28. The lowest BCUT2D eigenvalue weighted by Crippen LogP contribution is -2.80. The first kappa shape index (κ1) is 17.6. The van der Waals surface area contributed by atoms with E-state index >= 15 is 0 Å². The summed E-state index contributed by atoms with van der Waals surface area (Å²) in [6.07, 6.45) is 0.0151. The number of hydrogen-bond acceptors (Lipinski definition) is 4. The van der Waals surface area contributed by atoms with Crippen molar-refractivity contribution in [2.75, 3.05) is 6.54 Å². The number of carboxylic acids is 3. The van der Waals surface area contributed by atoms with Crippen LogP contribution >= 0.6 is 0 Å². The van der Waals surface area contributed by atoms with E-state index in [2.05, 4.69) is 10.3 Å². The Morgan fingerprint density at radius 2 is 1.75 bits per heavy atom. The van der Waals surface area contributed by atoms with Crippen LogP contribution in [-0.4, -0.2) is 57.8 Å². The zero-order valence-electron chi connectivity index (χ0n) is 10.7. The molecule has 0 aliphatic carbocycles. The first-order valence-electron chi connectivity index (χ1n) is 5.79. The topological polar surface area (TPSA) is 190 Å². The van der Waals surface area contributed by atoms with Crippen LogP contribution in [0.2, 0.25) is 0 Å². The molecule has 0 radical (unpaired) electrons. The van der Waals surface area contributed by atoms with Gasteiger partial charge in [-0.2, -0.15) is 0 Å². The highest BCUT2D eigenvalue weighted by Crippen LogP contribution is 1.92. The highest BCUT2D eigenvalue weighted by molar-refractivity contribution is 5.85. The molecule has 0 aromatic carbocycles. The van der Waals surface area contributed by atoms with Gasteiger partial charge in [-0.3, -0.25) is 25.6 Å². The van der Waals surface area contributed by atoms with Crippen molar-refractivity contribution in [2.45, 2.75) is 31.3 Å². The van der Waals surface area contributed by atoms with Crippen LogP contribution in [0.3, 0.4) is 0 Å². The van der Waals surface area contributed by atoms with Crippen molar-refractivity contribution < 1.29 is 34.7 Å². The summed E-state index contributed by atoms with van der Waals surface area (Å²) in [4.78, 5) is 34.3. The third-order valence-corrected chi connectivity index (χ3v) is 2.33. The number of carboxylic acid groups (broad SMARTS) is 3. The first-order valence-corrected chi connectivity index (χ1v) is 5.79. The Morgan fingerprint density at radius 1 is 1.15 bits per heavy atom. The van der Waals surface area contributed by atoms with E-state index in [1.807, 2.05) is 0 Å². The smallest absolute Gasteiger partial charge is 0.341 e. The zero-order valence-corrected chi connectivity index (χ0v) is 10.7. The van der Waals surface area contributed by atoms with E-state index in [0.717, 1.165) is 0 Å². The summed E-state index contributed by atoms with van der Waals surface area (Å²) in [6.45, 7) is 0.277. The predicted octanol–water partition coefficient (Wildman–Crippen LogP) is -3.91. The van der Waals surface area contributed by atoms with Gasteiger partial charge >= 0.3 is 23.9 Å². The van der Waals surface area contributed by atoms with Gasteiger partial charge in [0.1, 0.15) is 6.04 Å². The second-order valence-corrected chi connectivity index (χ2v) is 4.06. The Labute approximate surface area is 114 Å². The van der Waals surface area contributed by atoms with E-state index in [-0.39, 0.29) is 18.9 Å². The second kappa shape index (κ2) is 8.69. The van der Waals surface area contributed by atoms with Crippen LogP contribution in [0.1, 0.15) is 19.3 Å². The molecule has 0 saturated heterocycles. The standard InChI is InChI=1S/C10H18N4O6/c11-5(8(17)18)2-1-3-13-10(12)14-6(9(19)20)4-7(15)16/h5-6H,1-4,11H2,(H,15,16)(H,17,18)(H,19,20)(H3,12,13,14)/p+1/t5-,6-/m0/s1. The third-order valence-electron chi connectivity index (χ3n) is 2.33. The van der Waals surface area contributed by atoms with E-state index in [9.17, 15) is 14.4 Å². The van der Waals surface area contributed by atoms with Crippen molar-refractivity contribution in [2.24, 2.45) is 11.5 Å². The van der Waals surface area contributed by atoms with Crippen molar-refractivity contribution in [1.29, 1.82) is 0 Å². The van der Waals surface area contributed by atoms with E-state index in [1.165, 1.54) is 0 Å². The van der Waals surface area contributed by atoms with Crippen molar-refractivity contribution in [3.8, 4) is 0 Å². The summed E-state index contributed by atoms with van der Waals surface area (Å²) in [5.41, 5.74) is 10.7. The van der Waals surface area contributed by atoms with Crippen molar-refractivity contribution in [3.05, 3.63) is 0 Å². The minimum atomic E-state index is -1.35. The van der Waals surface area contributed by atoms with Gasteiger partial charge in [0.15, 0.2) is 6.04 Å². The van der Waals surface area contributed by atoms with Gasteiger partial charge in [-0.15, -0.1) is 0 Å². The Morgan fingerprint density at radius 3 is 2.20 bits per heavy atom. The largest absolute Gasteiger partial charge is 0.481 e. The molecule has 0 spiro atoms. The summed E-state index contributed by atoms with van der Waals surface area (Å²) in [5, 5.41) is 28.2. The fourth-order valence-corrected chi connectivity index (χ4v) is 1.28. The quantitative estimate of drug-likeness (QED) is 0.126. The molecule has 0 rings (SSSR count). The van der Waals surface area contributed by atoms with Gasteiger partial charge in [-0.1, -0.05) is 0 Å². The van der Waals surface area contributed by atoms with E-state index in [0.29, 0.717) is 6.42 Å². The van der Waals surface area contributed by atoms with Gasteiger partial charge in [0.25, 0.3) is 0 Å². The molecule has 0 aromatic rings. The molecule has 0 fully saturated rings. The molecule has 10 heteroatoms. The van der Waals surface area contributed by atoms with E-state index < -0.39 is 36.4 Å². The summed E-state index contributed by atoms with van der Waals surface area (Å²) in [7, 11) is 0. The molecule has 0 aromatic heterocycles. The number of hydrogen-bond donors (Lipinski definition) is 7. The highest BCUT2D eigenvalue weighted by atomic mass is 16.4. The molecule has 114 valence electrons. The van der Waals surface area contributed by atoms with E-state index in [4.69, 9.17) is 26.8 Å². The molecule has 2 atom stereocenters. The number of guanidine groups is 1. The summed E-state index contributed by atoms with van der Waals surface area (Å²) < 4.78 is 0. The normalized spacial score (nSPS) is 14.3. The highest BCUT2D eigenvalue weighted by Gasteiger charge is 2.24. The summed E-state index contributed by atoms with van der Waals surface area (Å²) >= 11 is 0. The number of nitrogens with one attached hydrogen (secondary N) is 2. The maximum atomic E-state index is 10.8. The summed E-state index contributed by atoms with van der Waals surface area (Å²) in [5.74, 6) is -3.81. The lowest BCUT2D eigenvalue weighted by Gasteiger charge is -2.08. The molecule has 10 nitrogen and oxygen atoms in total. The van der Waals surface area contributed by atoms with Gasteiger partial charge in [-0.05, 0) is 12.8 Å². The number of aliphatic carboxylic acids is 3. The van der Waals surface area contributed by atoms with Crippen LogP contribution in [0, 0.1) is 0 Å². The SMILES string of the molecule is NC(N[C@@H](CC(=O)O)C(=O)O)=[NH+]CCC[C@H](N)C(=O)O. The molecule has 0 aliphatic rings. The average molecular weight is 291 g/mol. The minimum Gasteiger partial charge on any atom is -0.481 e. The van der Waals surface area contributed by atoms with Crippen molar-refractivity contribution in [1.82, 2.24) is 5.32 Å². The van der Waals surface area contributed by atoms with Gasteiger partial charge in [-0.25, -0.2) is 4.79 Å². The average Bonchev–Trinajstić information content (AvgIpc) is 2.32. The monoisotopic (exact) mass is 291 g/mol. The summed E-state index contributed by atoms with van der Waals surface area (Å²) in [6, 6.07) is -2.31. The molecule has 0 aliphatic heterocycles. The molecule has 9 N–H and O–H groups in total. The Bertz CT molecular complexity index is 397. The van der Waals surface area contributed by atoms with Gasteiger partial charge in [0.2, 0.25) is 0 Å². The second-order valence-electron chi connectivity index (χ2n) is 4.06. The number of rotatable bonds is 9. The Hall–Kier alpha value is -2.36. The van der Waals surface area contributed by atoms with Crippen molar-refractivity contribution >= 4 is 23.9 Å². The molecule has 0 heterocycles. The lowest BCUT2D eigenvalue weighted by atomic mass is 10.2. The predicted molar refractivity (Wildman–Crippen MR) is 66.7 cm³/mol. The van der Waals surface area contributed by atoms with Gasteiger partial charge < -0.3 is 21.1 Å². The van der Waals surface area contributed by atoms with Crippen LogP contribution in [0.5, 0.6) is 0 Å². The molecule has 20 heavy (non-hydrogen) atoms. The Kier molecular flexibility index (Phi) is 7.67. The molecule has 0 amide bonds. The molecule has 0 saturated carbocycles. The van der Waals surface area contributed by atoms with Crippen LogP contribution in [0.4, 0.5) is 0 Å². The maximum Gasteiger partial charge on any atom is 0.341 e. The zero-order chi connectivity index (χ0) is 15.7. The number of nitrogens with two attached hydrogens (primary N) is 2.